The van der Waals surface area contributed by atoms with Crippen LogP contribution in [0.2, 0.25) is 0 Å². The van der Waals surface area contributed by atoms with Gasteiger partial charge < -0.3 is 4.98 Å². The molecule has 136 valence electrons. The maximum absolute atomic E-state index is 13.1. The first kappa shape index (κ1) is 17.3. The van der Waals surface area contributed by atoms with E-state index < -0.39 is 0 Å². The second-order valence-electron chi connectivity index (χ2n) is 6.99. The largest absolute Gasteiger partial charge is 0.358 e. The van der Waals surface area contributed by atoms with Gasteiger partial charge in [-0.05, 0) is 43.2 Å². The van der Waals surface area contributed by atoms with Crippen molar-refractivity contribution in [2.45, 2.75) is 62.4 Å². The number of nitrogens with one attached hydrogen (secondary N) is 1. The van der Waals surface area contributed by atoms with Gasteiger partial charge in [0.05, 0.1) is 11.3 Å². The van der Waals surface area contributed by atoms with Crippen LogP contribution in [0.3, 0.4) is 0 Å². The molecule has 0 spiro atoms. The molecule has 1 saturated carbocycles. The van der Waals surface area contributed by atoms with Gasteiger partial charge in [0.15, 0.2) is 5.78 Å². The van der Waals surface area contributed by atoms with Gasteiger partial charge in [-0.15, -0.1) is 5.10 Å². The van der Waals surface area contributed by atoms with E-state index in [0.29, 0.717) is 6.04 Å². The van der Waals surface area contributed by atoms with Gasteiger partial charge in [0, 0.05) is 22.2 Å². The first-order valence-corrected chi connectivity index (χ1v) is 10.1. The summed E-state index contributed by atoms with van der Waals surface area (Å²) in [6.07, 6.45) is 5.95. The smallest absolute Gasteiger partial charge is 0.210 e. The highest BCUT2D eigenvalue weighted by Gasteiger charge is 2.26. The predicted molar refractivity (Wildman–Crippen MR) is 103 cm³/mol. The fourth-order valence-electron chi connectivity index (χ4n) is 3.83. The van der Waals surface area contributed by atoms with Crippen LogP contribution >= 0.6 is 11.8 Å². The van der Waals surface area contributed by atoms with Crippen molar-refractivity contribution in [1.82, 2.24) is 25.2 Å². The average Bonchev–Trinajstić information content (AvgIpc) is 3.25. The summed E-state index contributed by atoms with van der Waals surface area (Å²) in [5.41, 5.74) is 2.69. The molecule has 1 N–H and O–H groups in total. The van der Waals surface area contributed by atoms with Crippen LogP contribution in [0.15, 0.2) is 29.4 Å². The number of para-hydroxylation sites is 1. The molecule has 1 aliphatic carbocycles. The van der Waals surface area contributed by atoms with Crippen molar-refractivity contribution in [2.24, 2.45) is 0 Å². The van der Waals surface area contributed by atoms with Crippen LogP contribution in [-0.2, 0) is 0 Å². The lowest BCUT2D eigenvalue weighted by molar-refractivity contribution is 0.0995. The van der Waals surface area contributed by atoms with E-state index in [0.717, 1.165) is 40.2 Å². The Morgan fingerprint density at radius 1 is 1.27 bits per heavy atom. The summed E-state index contributed by atoms with van der Waals surface area (Å²) in [6, 6.07) is 8.30. The minimum absolute atomic E-state index is 0.114. The summed E-state index contributed by atoms with van der Waals surface area (Å²) in [7, 11) is 0. The molecule has 0 saturated heterocycles. The molecular formula is C19H23N5OS. The summed E-state index contributed by atoms with van der Waals surface area (Å²) in [5, 5.41) is 13.7. The van der Waals surface area contributed by atoms with Crippen LogP contribution in [0, 0.1) is 6.92 Å². The maximum atomic E-state index is 13.1. The van der Waals surface area contributed by atoms with Crippen LogP contribution in [-0.4, -0.2) is 36.2 Å². The van der Waals surface area contributed by atoms with Gasteiger partial charge in [0.25, 0.3) is 0 Å². The number of benzene rings is 1. The molecule has 26 heavy (non-hydrogen) atoms. The summed E-state index contributed by atoms with van der Waals surface area (Å²) in [5.74, 6) is 0.114. The molecule has 0 aliphatic heterocycles. The highest BCUT2D eigenvalue weighted by Crippen LogP contribution is 2.33. The van der Waals surface area contributed by atoms with Crippen LogP contribution in [0.1, 0.15) is 61.1 Å². The number of nitrogens with zero attached hydrogens (tertiary/aromatic N) is 4. The average molecular weight is 369 g/mol. The van der Waals surface area contributed by atoms with E-state index in [4.69, 9.17) is 0 Å². The van der Waals surface area contributed by atoms with Crippen molar-refractivity contribution in [3.63, 3.8) is 0 Å². The summed E-state index contributed by atoms with van der Waals surface area (Å²) < 4.78 is 1.93. The van der Waals surface area contributed by atoms with E-state index in [1.807, 2.05) is 42.8 Å². The van der Waals surface area contributed by atoms with Gasteiger partial charge in [-0.25, -0.2) is 4.68 Å². The van der Waals surface area contributed by atoms with Gasteiger partial charge in [-0.2, -0.15) is 0 Å². The third-order valence-electron chi connectivity index (χ3n) is 5.17. The molecule has 4 rings (SSSR count). The maximum Gasteiger partial charge on any atom is 0.210 e. The summed E-state index contributed by atoms with van der Waals surface area (Å²) >= 11 is 1.46. The Labute approximate surface area is 156 Å². The quantitative estimate of drug-likeness (QED) is 0.535. The third kappa shape index (κ3) is 3.16. The van der Waals surface area contributed by atoms with Crippen molar-refractivity contribution in [3.8, 4) is 0 Å². The molecule has 2 aromatic heterocycles. The lowest BCUT2D eigenvalue weighted by atomic mass is 9.96. The lowest BCUT2D eigenvalue weighted by Crippen LogP contribution is -2.18. The second kappa shape index (κ2) is 7.23. The van der Waals surface area contributed by atoms with E-state index >= 15 is 0 Å². The molecule has 3 aromatic rings. The van der Waals surface area contributed by atoms with Crippen molar-refractivity contribution in [1.29, 1.82) is 0 Å². The Kier molecular flexibility index (Phi) is 4.80. The first-order valence-electron chi connectivity index (χ1n) is 9.21. The molecule has 1 aliphatic rings. The molecule has 0 amide bonds. The molecule has 1 fully saturated rings. The number of hydrogen-bond donors (Lipinski definition) is 1. The van der Waals surface area contributed by atoms with Crippen molar-refractivity contribution in [2.75, 3.05) is 0 Å². The normalized spacial score (nSPS) is 16.8. The SMILES string of the molecule is Cc1[nH]c2ccccc2c1C(=O)C(C)Sc1nnnn1C1CCCCC1. The zero-order valence-electron chi connectivity index (χ0n) is 15.1. The Bertz CT molecular complexity index is 925. The molecule has 1 aromatic carbocycles. The van der Waals surface area contributed by atoms with Crippen LogP contribution in [0.25, 0.3) is 10.9 Å². The van der Waals surface area contributed by atoms with E-state index in [2.05, 4.69) is 20.5 Å². The topological polar surface area (TPSA) is 76.5 Å². The number of aryl methyl sites for hydroxylation is 1. The van der Waals surface area contributed by atoms with Gasteiger partial charge in [-0.1, -0.05) is 49.2 Å². The number of aromatic amines is 1. The van der Waals surface area contributed by atoms with Crippen molar-refractivity contribution >= 4 is 28.4 Å². The fraction of sp³-hybridized carbons (Fsp3) is 0.474. The Hall–Kier alpha value is -2.15. The van der Waals surface area contributed by atoms with Crippen molar-refractivity contribution in [3.05, 3.63) is 35.5 Å². The second-order valence-corrected chi connectivity index (χ2v) is 8.30. The third-order valence-corrected chi connectivity index (χ3v) is 6.22. The van der Waals surface area contributed by atoms with Gasteiger partial charge >= 0.3 is 0 Å². The van der Waals surface area contributed by atoms with Crippen LogP contribution in [0.5, 0.6) is 0 Å². The number of ketones is 1. The van der Waals surface area contributed by atoms with E-state index in [1.165, 1.54) is 31.0 Å². The van der Waals surface area contributed by atoms with Gasteiger partial charge in [0.2, 0.25) is 5.16 Å². The number of rotatable bonds is 5. The molecular weight excluding hydrogens is 346 g/mol. The van der Waals surface area contributed by atoms with Crippen LogP contribution < -0.4 is 0 Å². The highest BCUT2D eigenvalue weighted by molar-refractivity contribution is 8.00. The van der Waals surface area contributed by atoms with Gasteiger partial charge in [0.1, 0.15) is 0 Å². The number of Topliss-reactive ketones (excluding diaryl/α,β-unsaturated/α-hetero) is 1. The number of carbonyl (C=O) groups excluding carboxylic acids is 1. The predicted octanol–water partition coefficient (Wildman–Crippen LogP) is 4.33. The lowest BCUT2D eigenvalue weighted by Gasteiger charge is -2.22. The number of aromatic nitrogens is 5. The molecule has 1 unspecified atom stereocenters. The first-order chi connectivity index (χ1) is 12.6. The highest BCUT2D eigenvalue weighted by atomic mass is 32.2. The number of H-pyrrole nitrogens is 1. The molecule has 0 radical (unpaired) electrons. The zero-order valence-corrected chi connectivity index (χ0v) is 15.9. The number of carbonyl (C=O) groups is 1. The van der Waals surface area contributed by atoms with Crippen molar-refractivity contribution < 1.29 is 4.79 Å². The number of fused-ring (bicyclic) bond motifs is 1. The minimum atomic E-state index is -0.249. The van der Waals surface area contributed by atoms with E-state index in [9.17, 15) is 4.79 Å². The molecule has 7 heteroatoms. The zero-order chi connectivity index (χ0) is 18.1. The Morgan fingerprint density at radius 3 is 2.85 bits per heavy atom. The van der Waals surface area contributed by atoms with E-state index in [1.54, 1.807) is 0 Å². The number of tetrazole rings is 1. The fourth-order valence-corrected chi connectivity index (χ4v) is 4.75. The summed E-state index contributed by atoms with van der Waals surface area (Å²) in [6.45, 7) is 3.89. The van der Waals surface area contributed by atoms with Gasteiger partial charge in [-0.3, -0.25) is 4.79 Å². The van der Waals surface area contributed by atoms with E-state index in [-0.39, 0.29) is 11.0 Å². The Morgan fingerprint density at radius 2 is 2.04 bits per heavy atom. The number of thioether (sulfide) groups is 1. The Balaban J connectivity index is 1.57. The molecule has 0 bridgehead atoms. The number of hydrogen-bond acceptors (Lipinski definition) is 5. The molecule has 1 atom stereocenters. The summed E-state index contributed by atoms with van der Waals surface area (Å²) in [4.78, 5) is 16.4. The van der Waals surface area contributed by atoms with Crippen LogP contribution in [0.4, 0.5) is 0 Å². The minimum Gasteiger partial charge on any atom is -0.358 e. The standard InChI is InChI=1S/C19H23N5OS/c1-12-17(15-10-6-7-11-16(15)20-12)18(25)13(2)26-19-21-22-23-24(19)14-8-4-3-5-9-14/h6-7,10-11,13-14,20H,3-5,8-9H2,1-2H3. The molecule has 2 heterocycles. The molecule has 6 nitrogen and oxygen atoms in total. The monoisotopic (exact) mass is 369 g/mol.